The summed E-state index contributed by atoms with van der Waals surface area (Å²) < 4.78 is 29.9. The van der Waals surface area contributed by atoms with Crippen LogP contribution in [0.4, 0.5) is 11.4 Å². The quantitative estimate of drug-likeness (QED) is 0.659. The van der Waals surface area contributed by atoms with E-state index in [0.717, 1.165) is 0 Å². The third kappa shape index (κ3) is 4.84. The van der Waals surface area contributed by atoms with Crippen molar-refractivity contribution >= 4 is 44.7 Å². The van der Waals surface area contributed by atoms with Crippen LogP contribution >= 0.6 is 11.6 Å². The molecule has 0 spiro atoms. The molecule has 0 radical (unpaired) electrons. The highest BCUT2D eigenvalue weighted by Crippen LogP contribution is 2.35. The van der Waals surface area contributed by atoms with Gasteiger partial charge in [-0.25, -0.2) is 0 Å². The molecule has 2 aromatic carbocycles. The lowest BCUT2D eigenvalue weighted by Gasteiger charge is -2.33. The van der Waals surface area contributed by atoms with Crippen molar-refractivity contribution in [2.24, 2.45) is 16.2 Å². The van der Waals surface area contributed by atoms with E-state index in [2.05, 4.69) is 23.6 Å². The zero-order valence-corrected chi connectivity index (χ0v) is 19.1. The van der Waals surface area contributed by atoms with E-state index in [1.807, 2.05) is 18.7 Å². The number of sulfonamides is 1. The van der Waals surface area contributed by atoms with Crippen LogP contribution in [-0.4, -0.2) is 26.7 Å². The first-order chi connectivity index (χ1) is 14.1. The molecule has 1 N–H and O–H groups in total. The molecule has 0 saturated heterocycles. The summed E-state index contributed by atoms with van der Waals surface area (Å²) in [7, 11) is -3.87. The number of nitrogens with one attached hydrogen (secondary N) is 1. The van der Waals surface area contributed by atoms with Crippen molar-refractivity contribution < 1.29 is 13.2 Å². The van der Waals surface area contributed by atoms with Gasteiger partial charge in [-0.1, -0.05) is 51.4 Å². The van der Waals surface area contributed by atoms with Gasteiger partial charge in [0.2, 0.25) is 0 Å². The summed E-state index contributed by atoms with van der Waals surface area (Å²) in [5, 5.41) is 3.06. The van der Waals surface area contributed by atoms with Crippen molar-refractivity contribution in [3.63, 3.8) is 0 Å². The Kier molecular flexibility index (Phi) is 6.53. The van der Waals surface area contributed by atoms with Gasteiger partial charge in [0.1, 0.15) is 10.7 Å². The molecule has 0 aromatic heterocycles. The van der Waals surface area contributed by atoms with Crippen molar-refractivity contribution in [1.29, 1.82) is 0 Å². The lowest BCUT2D eigenvalue weighted by Crippen LogP contribution is -2.39. The summed E-state index contributed by atoms with van der Waals surface area (Å²) in [6.45, 7) is 8.87. The summed E-state index contributed by atoms with van der Waals surface area (Å²) >= 11 is 6.09. The smallest absolute Gasteiger partial charge is 0.286 e. The van der Waals surface area contributed by atoms with Crippen LogP contribution in [0.3, 0.4) is 0 Å². The minimum absolute atomic E-state index is 0.0904. The van der Waals surface area contributed by atoms with Gasteiger partial charge in [0.05, 0.1) is 16.3 Å². The van der Waals surface area contributed by atoms with Gasteiger partial charge in [0.15, 0.2) is 0 Å². The third-order valence-electron chi connectivity index (χ3n) is 4.58. The van der Waals surface area contributed by atoms with Crippen molar-refractivity contribution in [2.75, 3.05) is 16.8 Å². The summed E-state index contributed by atoms with van der Waals surface area (Å²) in [5.74, 6) is 0.732. The molecule has 8 heteroatoms. The first kappa shape index (κ1) is 22.3. The molecule has 1 amide bonds. The second-order valence-electron chi connectivity index (χ2n) is 8.20. The van der Waals surface area contributed by atoms with Crippen LogP contribution in [0.15, 0.2) is 51.8 Å². The number of amidine groups is 1. The maximum absolute atomic E-state index is 12.9. The first-order valence-corrected chi connectivity index (χ1v) is 11.7. The maximum atomic E-state index is 12.9. The number of carbonyl (C=O) groups excluding carboxylic acids is 1. The lowest BCUT2D eigenvalue weighted by molar-refractivity contribution is 0.102. The number of carbonyl (C=O) groups is 1. The van der Waals surface area contributed by atoms with Gasteiger partial charge < -0.3 is 10.2 Å². The van der Waals surface area contributed by atoms with Crippen LogP contribution in [0.2, 0.25) is 5.02 Å². The SMILES string of the molecule is CC(C)CC1=NS(=O)(=O)c2cc(NC(=O)c3ccccc3Cl)ccc2N1CC(C)C. The van der Waals surface area contributed by atoms with E-state index >= 15 is 0 Å². The molecule has 1 aliphatic heterocycles. The van der Waals surface area contributed by atoms with Crippen LogP contribution in [-0.2, 0) is 10.0 Å². The molecule has 2 aromatic rings. The van der Waals surface area contributed by atoms with Crippen LogP contribution in [0.25, 0.3) is 0 Å². The van der Waals surface area contributed by atoms with Gasteiger partial charge in [-0.2, -0.15) is 8.42 Å². The number of anilines is 2. The number of halogens is 1. The molecular formula is C22H26ClN3O3S. The van der Waals surface area contributed by atoms with Gasteiger partial charge in [-0.15, -0.1) is 4.40 Å². The van der Waals surface area contributed by atoms with Crippen molar-refractivity contribution in [1.82, 2.24) is 0 Å². The molecular weight excluding hydrogens is 422 g/mol. The summed E-state index contributed by atoms with van der Waals surface area (Å²) in [5.41, 5.74) is 1.28. The first-order valence-electron chi connectivity index (χ1n) is 9.90. The number of benzene rings is 2. The van der Waals surface area contributed by atoms with E-state index < -0.39 is 15.9 Å². The van der Waals surface area contributed by atoms with Gasteiger partial charge >= 0.3 is 0 Å². The molecule has 6 nitrogen and oxygen atoms in total. The number of fused-ring (bicyclic) bond motifs is 1. The van der Waals surface area contributed by atoms with E-state index in [1.54, 1.807) is 36.4 Å². The third-order valence-corrected chi connectivity index (χ3v) is 6.24. The van der Waals surface area contributed by atoms with E-state index in [9.17, 15) is 13.2 Å². The van der Waals surface area contributed by atoms with E-state index in [4.69, 9.17) is 11.6 Å². The summed E-state index contributed by atoms with van der Waals surface area (Å²) in [6, 6.07) is 11.6. The monoisotopic (exact) mass is 447 g/mol. The van der Waals surface area contributed by atoms with E-state index in [1.165, 1.54) is 6.07 Å². The highest BCUT2D eigenvalue weighted by atomic mass is 35.5. The van der Waals surface area contributed by atoms with Gasteiger partial charge in [0.25, 0.3) is 15.9 Å². The zero-order valence-electron chi connectivity index (χ0n) is 17.5. The normalized spacial score (nSPS) is 15.2. The standard InChI is InChI=1S/C22H26ClN3O3S/c1-14(2)11-21-25-30(28,29)20-12-16(9-10-19(20)26(21)13-15(3)4)24-22(27)17-7-5-6-8-18(17)23/h5-10,12,14-15H,11,13H2,1-4H3,(H,24,27). The number of hydrogen-bond donors (Lipinski definition) is 1. The van der Waals surface area contributed by atoms with Crippen molar-refractivity contribution in [3.05, 3.63) is 53.1 Å². The largest absolute Gasteiger partial charge is 0.328 e. The van der Waals surface area contributed by atoms with Crippen LogP contribution in [0, 0.1) is 11.8 Å². The second kappa shape index (κ2) is 8.78. The highest BCUT2D eigenvalue weighted by Gasteiger charge is 2.31. The Bertz CT molecular complexity index is 1090. The lowest BCUT2D eigenvalue weighted by atomic mass is 10.1. The molecule has 1 heterocycles. The number of rotatable bonds is 6. The predicted molar refractivity (Wildman–Crippen MR) is 122 cm³/mol. The van der Waals surface area contributed by atoms with E-state index in [0.29, 0.717) is 46.7 Å². The fourth-order valence-corrected chi connectivity index (χ4v) is 4.81. The fourth-order valence-electron chi connectivity index (χ4n) is 3.32. The van der Waals surface area contributed by atoms with Crippen LogP contribution in [0.5, 0.6) is 0 Å². The Morgan fingerprint density at radius 2 is 1.80 bits per heavy atom. The molecule has 0 saturated carbocycles. The van der Waals surface area contributed by atoms with E-state index in [-0.39, 0.29) is 10.8 Å². The summed E-state index contributed by atoms with van der Waals surface area (Å²) in [6.07, 6.45) is 0.566. The molecule has 0 atom stereocenters. The average Bonchev–Trinajstić information content (AvgIpc) is 2.64. The molecule has 3 rings (SSSR count). The minimum Gasteiger partial charge on any atom is -0.328 e. The molecule has 30 heavy (non-hydrogen) atoms. The predicted octanol–water partition coefficient (Wildman–Crippen LogP) is 5.20. The Morgan fingerprint density at radius 1 is 1.10 bits per heavy atom. The number of hydrogen-bond acceptors (Lipinski definition) is 4. The Hall–Kier alpha value is -2.38. The molecule has 1 aliphatic rings. The number of amides is 1. The Morgan fingerprint density at radius 3 is 2.43 bits per heavy atom. The molecule has 0 aliphatic carbocycles. The van der Waals surface area contributed by atoms with Gasteiger partial charge in [-0.3, -0.25) is 4.79 Å². The molecule has 0 unspecified atom stereocenters. The minimum atomic E-state index is -3.87. The van der Waals surface area contributed by atoms with Gasteiger partial charge in [0, 0.05) is 18.7 Å². The second-order valence-corrected chi connectivity index (χ2v) is 10.2. The zero-order chi connectivity index (χ0) is 22.1. The Labute approximate surface area is 183 Å². The van der Waals surface area contributed by atoms with Crippen molar-refractivity contribution in [3.8, 4) is 0 Å². The maximum Gasteiger partial charge on any atom is 0.286 e. The number of nitrogens with zero attached hydrogens (tertiary/aromatic N) is 2. The topological polar surface area (TPSA) is 78.8 Å². The molecule has 160 valence electrons. The fraction of sp³-hybridized carbons (Fsp3) is 0.364. The molecule has 0 fully saturated rings. The molecule has 0 bridgehead atoms. The summed E-state index contributed by atoms with van der Waals surface area (Å²) in [4.78, 5) is 14.6. The average molecular weight is 448 g/mol. The van der Waals surface area contributed by atoms with Crippen LogP contribution < -0.4 is 10.2 Å². The van der Waals surface area contributed by atoms with Crippen molar-refractivity contribution in [2.45, 2.75) is 39.0 Å². The van der Waals surface area contributed by atoms with Gasteiger partial charge in [-0.05, 0) is 42.2 Å². The Balaban J connectivity index is 1.99. The van der Waals surface area contributed by atoms with Crippen LogP contribution in [0.1, 0.15) is 44.5 Å². The highest BCUT2D eigenvalue weighted by molar-refractivity contribution is 7.90.